The van der Waals surface area contributed by atoms with Gasteiger partial charge in [0.2, 0.25) is 0 Å². The van der Waals surface area contributed by atoms with Crippen LogP contribution in [0.3, 0.4) is 0 Å². The van der Waals surface area contributed by atoms with Crippen LogP contribution < -0.4 is 16.2 Å². The van der Waals surface area contributed by atoms with Crippen LogP contribution >= 0.6 is 11.3 Å². The maximum absolute atomic E-state index is 11.4. The Kier molecular flexibility index (Phi) is 4.70. The summed E-state index contributed by atoms with van der Waals surface area (Å²) in [5.41, 5.74) is 5.39. The van der Waals surface area contributed by atoms with E-state index in [4.69, 9.17) is 5.84 Å². The molecule has 1 aromatic heterocycles. The first-order valence-corrected chi connectivity index (χ1v) is 7.29. The highest BCUT2D eigenvalue weighted by Crippen LogP contribution is 2.22. The van der Waals surface area contributed by atoms with Crippen molar-refractivity contribution in [3.63, 3.8) is 0 Å². The average Bonchev–Trinajstić information content (AvgIpc) is 2.93. The quantitative estimate of drug-likeness (QED) is 0.502. The van der Waals surface area contributed by atoms with Crippen molar-refractivity contribution in [2.24, 2.45) is 5.84 Å². The van der Waals surface area contributed by atoms with E-state index in [-0.39, 0.29) is 5.91 Å². The van der Waals surface area contributed by atoms with Crippen LogP contribution in [0.5, 0.6) is 0 Å². The molecule has 0 spiro atoms. The normalized spacial score (nSPS) is 10.3. The Morgan fingerprint density at radius 3 is 2.85 bits per heavy atom. The molecular formula is C14H18N4OS. The van der Waals surface area contributed by atoms with Gasteiger partial charge in [0.15, 0.2) is 5.01 Å². The lowest BCUT2D eigenvalue weighted by Crippen LogP contribution is -2.30. The molecule has 3 N–H and O–H groups in total. The van der Waals surface area contributed by atoms with Gasteiger partial charge in [-0.3, -0.25) is 10.2 Å². The third-order valence-corrected chi connectivity index (χ3v) is 3.96. The third kappa shape index (κ3) is 3.15. The number of aromatic nitrogens is 1. The minimum Gasteiger partial charge on any atom is -0.366 e. The van der Waals surface area contributed by atoms with Gasteiger partial charge in [-0.15, -0.1) is 11.3 Å². The van der Waals surface area contributed by atoms with Crippen molar-refractivity contribution in [2.45, 2.75) is 20.4 Å². The number of nitrogens with one attached hydrogen (secondary N) is 1. The summed E-state index contributed by atoms with van der Waals surface area (Å²) in [6.07, 6.45) is 0. The Hall–Kier alpha value is -1.92. The Morgan fingerprint density at radius 2 is 2.20 bits per heavy atom. The topological polar surface area (TPSA) is 71.2 Å². The molecule has 0 aliphatic heterocycles. The summed E-state index contributed by atoms with van der Waals surface area (Å²) in [5, 5.41) is 2.29. The number of carbonyl (C=O) groups excluding carboxylic acids is 1. The van der Waals surface area contributed by atoms with Crippen molar-refractivity contribution >= 4 is 22.9 Å². The summed E-state index contributed by atoms with van der Waals surface area (Å²) in [4.78, 5) is 17.9. The number of rotatable bonds is 5. The van der Waals surface area contributed by atoms with Crippen molar-refractivity contribution in [1.29, 1.82) is 0 Å². The van der Waals surface area contributed by atoms with Crippen LogP contribution in [-0.4, -0.2) is 17.4 Å². The van der Waals surface area contributed by atoms with Crippen molar-refractivity contribution in [3.05, 3.63) is 45.9 Å². The average molecular weight is 290 g/mol. The number of anilines is 1. The van der Waals surface area contributed by atoms with Gasteiger partial charge in [0.25, 0.3) is 5.91 Å². The highest BCUT2D eigenvalue weighted by atomic mass is 32.1. The van der Waals surface area contributed by atoms with Crippen LogP contribution in [0.4, 0.5) is 5.69 Å². The molecule has 0 aliphatic rings. The fourth-order valence-electron chi connectivity index (χ4n) is 2.03. The summed E-state index contributed by atoms with van der Waals surface area (Å²) in [6.45, 7) is 5.75. The molecule has 2 aromatic rings. The van der Waals surface area contributed by atoms with E-state index in [2.05, 4.69) is 41.3 Å². The smallest absolute Gasteiger partial charge is 0.294 e. The van der Waals surface area contributed by atoms with Gasteiger partial charge in [0.05, 0.1) is 12.2 Å². The van der Waals surface area contributed by atoms with E-state index in [9.17, 15) is 4.79 Å². The number of thiazole rings is 1. The number of amides is 1. The van der Waals surface area contributed by atoms with Gasteiger partial charge in [0, 0.05) is 17.6 Å². The second kappa shape index (κ2) is 6.49. The Morgan fingerprint density at radius 1 is 1.45 bits per heavy atom. The minimum absolute atomic E-state index is 0.347. The number of nitrogens with zero attached hydrogens (tertiary/aromatic N) is 2. The molecule has 0 saturated carbocycles. The van der Waals surface area contributed by atoms with Crippen LogP contribution in [0.15, 0.2) is 29.6 Å². The minimum atomic E-state index is -0.347. The van der Waals surface area contributed by atoms with Gasteiger partial charge < -0.3 is 4.90 Å². The van der Waals surface area contributed by atoms with Gasteiger partial charge in [-0.05, 0) is 25.5 Å². The Labute approximate surface area is 122 Å². The Balaban J connectivity index is 2.17. The van der Waals surface area contributed by atoms with Gasteiger partial charge in [-0.2, -0.15) is 0 Å². The predicted molar refractivity (Wildman–Crippen MR) is 81.7 cm³/mol. The van der Waals surface area contributed by atoms with E-state index in [0.29, 0.717) is 11.6 Å². The molecule has 0 atom stereocenters. The number of nitrogens with two attached hydrogens (primary N) is 1. The zero-order chi connectivity index (χ0) is 14.5. The molecule has 0 unspecified atom stereocenters. The first-order chi connectivity index (χ1) is 9.65. The van der Waals surface area contributed by atoms with Gasteiger partial charge in [-0.1, -0.05) is 18.2 Å². The molecule has 1 aromatic carbocycles. The molecule has 106 valence electrons. The molecule has 1 amide bonds. The first kappa shape index (κ1) is 14.5. The number of hydrazine groups is 1. The van der Waals surface area contributed by atoms with E-state index < -0.39 is 0 Å². The maximum atomic E-state index is 11.4. The molecule has 0 radical (unpaired) electrons. The van der Waals surface area contributed by atoms with Gasteiger partial charge in [-0.25, -0.2) is 10.8 Å². The summed E-state index contributed by atoms with van der Waals surface area (Å²) in [5.74, 6) is 4.76. The maximum Gasteiger partial charge on any atom is 0.294 e. The van der Waals surface area contributed by atoms with Crippen molar-refractivity contribution in [2.75, 3.05) is 11.4 Å². The lowest BCUT2D eigenvalue weighted by molar-refractivity contribution is 0.0953. The van der Waals surface area contributed by atoms with Crippen molar-refractivity contribution in [1.82, 2.24) is 10.4 Å². The summed E-state index contributed by atoms with van der Waals surface area (Å²) >= 11 is 1.30. The summed E-state index contributed by atoms with van der Waals surface area (Å²) < 4.78 is 0. The van der Waals surface area contributed by atoms with Crippen LogP contribution in [-0.2, 0) is 6.54 Å². The summed E-state index contributed by atoms with van der Waals surface area (Å²) in [7, 11) is 0. The van der Waals surface area contributed by atoms with E-state index in [1.165, 1.54) is 22.6 Å². The second-order valence-electron chi connectivity index (χ2n) is 4.42. The van der Waals surface area contributed by atoms with Crippen LogP contribution in [0.1, 0.15) is 28.0 Å². The number of para-hydroxylation sites is 1. The molecule has 6 heteroatoms. The number of benzene rings is 1. The SMILES string of the molecule is CCN(Cc1csc(C(=O)NN)n1)c1ccccc1C. The zero-order valence-electron chi connectivity index (χ0n) is 11.6. The van der Waals surface area contributed by atoms with E-state index in [1.807, 2.05) is 17.5 Å². The third-order valence-electron chi connectivity index (χ3n) is 3.07. The highest BCUT2D eigenvalue weighted by molar-refractivity contribution is 7.11. The van der Waals surface area contributed by atoms with Crippen molar-refractivity contribution in [3.8, 4) is 0 Å². The fraction of sp³-hybridized carbons (Fsp3) is 0.286. The van der Waals surface area contributed by atoms with Crippen molar-refractivity contribution < 1.29 is 4.79 Å². The molecule has 0 bridgehead atoms. The van der Waals surface area contributed by atoms with E-state index in [1.54, 1.807) is 0 Å². The molecule has 0 saturated heterocycles. The van der Waals surface area contributed by atoms with E-state index >= 15 is 0 Å². The molecule has 20 heavy (non-hydrogen) atoms. The highest BCUT2D eigenvalue weighted by Gasteiger charge is 2.13. The molecule has 2 rings (SSSR count). The molecule has 5 nitrogen and oxygen atoms in total. The Bertz CT molecular complexity index is 596. The molecule has 0 aliphatic carbocycles. The van der Waals surface area contributed by atoms with E-state index in [0.717, 1.165) is 12.2 Å². The molecule has 1 heterocycles. The lowest BCUT2D eigenvalue weighted by Gasteiger charge is -2.24. The van der Waals surface area contributed by atoms with Gasteiger partial charge in [0.1, 0.15) is 0 Å². The van der Waals surface area contributed by atoms with Crippen LogP contribution in [0.2, 0.25) is 0 Å². The van der Waals surface area contributed by atoms with Crippen LogP contribution in [0, 0.1) is 6.92 Å². The number of carbonyl (C=O) groups is 1. The standard InChI is InChI=1S/C14H18N4OS/c1-3-18(12-7-5-4-6-10(12)2)8-11-9-20-14(16-11)13(19)17-15/h4-7,9H,3,8,15H2,1-2H3,(H,17,19). The second-order valence-corrected chi connectivity index (χ2v) is 5.28. The number of hydrogen-bond donors (Lipinski definition) is 2. The molecule has 0 fully saturated rings. The van der Waals surface area contributed by atoms with Gasteiger partial charge >= 0.3 is 0 Å². The number of nitrogen functional groups attached to an aromatic ring is 1. The number of aryl methyl sites for hydroxylation is 1. The zero-order valence-corrected chi connectivity index (χ0v) is 12.4. The van der Waals surface area contributed by atoms with Crippen LogP contribution in [0.25, 0.3) is 0 Å². The number of hydrogen-bond acceptors (Lipinski definition) is 5. The lowest BCUT2D eigenvalue weighted by atomic mass is 10.2. The largest absolute Gasteiger partial charge is 0.366 e. The first-order valence-electron chi connectivity index (χ1n) is 6.41. The monoisotopic (exact) mass is 290 g/mol. The fourth-order valence-corrected chi connectivity index (χ4v) is 2.74. The molecular weight excluding hydrogens is 272 g/mol. The summed E-state index contributed by atoms with van der Waals surface area (Å²) in [6, 6.07) is 8.24. The predicted octanol–water partition coefficient (Wildman–Crippen LogP) is 2.08.